The number of hydrogen-bond donors (Lipinski definition) is 2. The summed E-state index contributed by atoms with van der Waals surface area (Å²) in [6.45, 7) is 8.56. The van der Waals surface area contributed by atoms with Gasteiger partial charge in [0.25, 0.3) is 5.69 Å². The molecule has 0 radical (unpaired) electrons. The minimum Gasteiger partial charge on any atom is -0.494 e. The predicted octanol–water partition coefficient (Wildman–Crippen LogP) is 5.66. The van der Waals surface area contributed by atoms with Gasteiger partial charge in [-0.05, 0) is 41.2 Å². The highest BCUT2D eigenvalue weighted by atomic mass is 32.1. The van der Waals surface area contributed by atoms with Crippen molar-refractivity contribution in [3.8, 4) is 5.75 Å². The Balaban J connectivity index is 2.30. The van der Waals surface area contributed by atoms with Crippen LogP contribution in [0.25, 0.3) is 0 Å². The lowest BCUT2D eigenvalue weighted by atomic mass is 9.93. The maximum Gasteiger partial charge on any atom is 0.273 e. The Kier molecular flexibility index (Phi) is 6.74. The summed E-state index contributed by atoms with van der Waals surface area (Å²) in [5, 5.41) is 17.7. The summed E-state index contributed by atoms with van der Waals surface area (Å²) < 4.78 is 5.26. The van der Waals surface area contributed by atoms with Crippen LogP contribution >= 0.6 is 12.2 Å². The van der Waals surface area contributed by atoms with Crippen molar-refractivity contribution >= 4 is 34.4 Å². The third kappa shape index (κ3) is 4.95. The fraction of sp³-hybridized carbons (Fsp3) is 0.350. The van der Waals surface area contributed by atoms with Crippen molar-refractivity contribution in [2.45, 2.75) is 39.5 Å². The van der Waals surface area contributed by atoms with E-state index in [0.29, 0.717) is 28.4 Å². The van der Waals surface area contributed by atoms with Crippen molar-refractivity contribution in [1.29, 1.82) is 0 Å². The summed E-state index contributed by atoms with van der Waals surface area (Å²) in [6, 6.07) is 10.6. The summed E-state index contributed by atoms with van der Waals surface area (Å²) in [4.78, 5) is 10.5. The number of methoxy groups -OCH3 is 1. The zero-order chi connectivity index (χ0) is 20.1. The van der Waals surface area contributed by atoms with Crippen molar-refractivity contribution in [3.05, 3.63) is 57.6 Å². The van der Waals surface area contributed by atoms with Gasteiger partial charge in [-0.15, -0.1) is 0 Å². The van der Waals surface area contributed by atoms with E-state index in [4.69, 9.17) is 17.0 Å². The lowest BCUT2D eigenvalue weighted by Crippen LogP contribution is -2.21. The van der Waals surface area contributed by atoms with Crippen LogP contribution in [0.4, 0.5) is 17.1 Å². The molecule has 0 spiro atoms. The molecule has 0 bridgehead atoms. The number of ether oxygens (including phenoxy) is 1. The number of thiocarbonyl (C=S) groups is 1. The fourth-order valence-corrected chi connectivity index (χ4v) is 3.07. The van der Waals surface area contributed by atoms with E-state index in [1.54, 1.807) is 6.07 Å². The highest BCUT2D eigenvalue weighted by Gasteiger charge is 2.16. The Morgan fingerprint density at radius 1 is 1.07 bits per heavy atom. The molecule has 2 aromatic rings. The second-order valence-electron chi connectivity index (χ2n) is 6.84. The molecular weight excluding hydrogens is 362 g/mol. The molecule has 6 nitrogen and oxygen atoms in total. The number of hydrogen-bond acceptors (Lipinski definition) is 4. The van der Waals surface area contributed by atoms with Crippen LogP contribution in [-0.4, -0.2) is 17.1 Å². The van der Waals surface area contributed by atoms with E-state index in [1.165, 1.54) is 30.4 Å². The molecule has 2 rings (SSSR count). The van der Waals surface area contributed by atoms with E-state index in [0.717, 1.165) is 5.69 Å². The van der Waals surface area contributed by atoms with Crippen LogP contribution in [0, 0.1) is 10.1 Å². The van der Waals surface area contributed by atoms with Gasteiger partial charge in [0, 0.05) is 11.8 Å². The van der Waals surface area contributed by atoms with Crippen molar-refractivity contribution in [1.82, 2.24) is 0 Å². The molecule has 0 saturated heterocycles. The normalized spacial score (nSPS) is 10.8. The Hall–Kier alpha value is -2.67. The first kappa shape index (κ1) is 20.6. The average Bonchev–Trinajstić information content (AvgIpc) is 2.61. The van der Waals surface area contributed by atoms with Gasteiger partial charge >= 0.3 is 0 Å². The van der Waals surface area contributed by atoms with E-state index in [-0.39, 0.29) is 5.69 Å². The van der Waals surface area contributed by atoms with Crippen LogP contribution in [0.3, 0.4) is 0 Å². The molecule has 0 heterocycles. The monoisotopic (exact) mass is 387 g/mol. The standard InChI is InChI=1S/C20H25N3O3S/c1-12(2)15-7-6-8-16(13(3)4)19(15)22-20(27)21-17-10-9-14(23(24)25)11-18(17)26-5/h6-13H,1-5H3,(H2,21,22,27). The molecule has 0 aliphatic heterocycles. The molecule has 144 valence electrons. The van der Waals surface area contributed by atoms with Gasteiger partial charge in [0.2, 0.25) is 0 Å². The van der Waals surface area contributed by atoms with E-state index in [1.807, 2.05) is 0 Å². The molecule has 2 N–H and O–H groups in total. The number of rotatable bonds is 6. The summed E-state index contributed by atoms with van der Waals surface area (Å²) in [5.74, 6) is 1.03. The molecule has 2 aromatic carbocycles. The zero-order valence-electron chi connectivity index (χ0n) is 16.2. The van der Waals surface area contributed by atoms with Gasteiger partial charge in [0.1, 0.15) is 5.75 Å². The van der Waals surface area contributed by atoms with Crippen molar-refractivity contribution in [2.24, 2.45) is 0 Å². The first-order valence-electron chi connectivity index (χ1n) is 8.77. The quantitative estimate of drug-likeness (QED) is 0.378. The van der Waals surface area contributed by atoms with Gasteiger partial charge in [0.05, 0.1) is 23.8 Å². The van der Waals surface area contributed by atoms with Gasteiger partial charge < -0.3 is 15.4 Å². The number of benzene rings is 2. The van der Waals surface area contributed by atoms with Gasteiger partial charge in [-0.1, -0.05) is 45.9 Å². The van der Waals surface area contributed by atoms with Gasteiger partial charge in [-0.25, -0.2) is 0 Å². The number of nitrogens with zero attached hydrogens (tertiary/aromatic N) is 1. The van der Waals surface area contributed by atoms with Crippen molar-refractivity contribution < 1.29 is 9.66 Å². The molecule has 0 aromatic heterocycles. The molecule has 0 fully saturated rings. The molecule has 0 saturated carbocycles. The fourth-order valence-electron chi connectivity index (χ4n) is 2.86. The first-order valence-corrected chi connectivity index (χ1v) is 9.18. The molecular formula is C20H25N3O3S. The lowest BCUT2D eigenvalue weighted by molar-refractivity contribution is -0.384. The van der Waals surface area contributed by atoms with Crippen molar-refractivity contribution in [2.75, 3.05) is 17.7 Å². The Morgan fingerprint density at radius 2 is 1.67 bits per heavy atom. The van der Waals surface area contributed by atoms with E-state index >= 15 is 0 Å². The van der Waals surface area contributed by atoms with Crippen LogP contribution in [-0.2, 0) is 0 Å². The average molecular weight is 388 g/mol. The number of nitro benzene ring substituents is 1. The molecule has 7 heteroatoms. The molecule has 27 heavy (non-hydrogen) atoms. The van der Waals surface area contributed by atoms with E-state index < -0.39 is 4.92 Å². The number of non-ortho nitro benzene ring substituents is 1. The molecule has 0 amide bonds. The van der Waals surface area contributed by atoms with Gasteiger partial charge in [-0.2, -0.15) is 0 Å². The maximum absolute atomic E-state index is 10.9. The lowest BCUT2D eigenvalue weighted by Gasteiger charge is -2.22. The highest BCUT2D eigenvalue weighted by molar-refractivity contribution is 7.80. The van der Waals surface area contributed by atoms with Crippen LogP contribution in [0.2, 0.25) is 0 Å². The number of anilines is 2. The van der Waals surface area contributed by atoms with Crippen LogP contribution in [0.5, 0.6) is 5.75 Å². The molecule has 0 aliphatic carbocycles. The molecule has 0 unspecified atom stereocenters. The third-order valence-electron chi connectivity index (χ3n) is 4.26. The van der Waals surface area contributed by atoms with E-state index in [9.17, 15) is 10.1 Å². The Bertz CT molecular complexity index is 824. The molecule has 0 atom stereocenters. The van der Waals surface area contributed by atoms with E-state index in [2.05, 4.69) is 56.5 Å². The van der Waals surface area contributed by atoms with Gasteiger partial charge in [-0.3, -0.25) is 10.1 Å². The summed E-state index contributed by atoms with van der Waals surface area (Å²) in [7, 11) is 1.46. The summed E-state index contributed by atoms with van der Waals surface area (Å²) >= 11 is 5.49. The number of para-hydroxylation sites is 1. The maximum atomic E-state index is 10.9. The Labute approximate surface area is 165 Å². The SMILES string of the molecule is COc1cc([N+](=O)[O-])ccc1NC(=S)Nc1c(C(C)C)cccc1C(C)C. The summed E-state index contributed by atoms with van der Waals surface area (Å²) in [5.41, 5.74) is 3.89. The second-order valence-corrected chi connectivity index (χ2v) is 7.25. The second kappa shape index (κ2) is 8.81. The Morgan fingerprint density at radius 3 is 2.15 bits per heavy atom. The number of nitrogens with one attached hydrogen (secondary N) is 2. The third-order valence-corrected chi connectivity index (χ3v) is 4.46. The zero-order valence-corrected chi connectivity index (χ0v) is 17.0. The molecule has 0 aliphatic rings. The highest BCUT2D eigenvalue weighted by Crippen LogP contribution is 2.33. The van der Waals surface area contributed by atoms with Crippen molar-refractivity contribution in [3.63, 3.8) is 0 Å². The smallest absolute Gasteiger partial charge is 0.273 e. The predicted molar refractivity (Wildman–Crippen MR) is 114 cm³/mol. The van der Waals surface area contributed by atoms with Gasteiger partial charge in [0.15, 0.2) is 5.11 Å². The number of nitro groups is 1. The minimum atomic E-state index is -0.462. The minimum absolute atomic E-state index is 0.0384. The van der Waals surface area contributed by atoms with Crippen LogP contribution in [0.1, 0.15) is 50.7 Å². The topological polar surface area (TPSA) is 76.4 Å². The van der Waals surface area contributed by atoms with Crippen LogP contribution < -0.4 is 15.4 Å². The largest absolute Gasteiger partial charge is 0.494 e. The first-order chi connectivity index (χ1) is 12.7. The van der Waals surface area contributed by atoms with Crippen LogP contribution in [0.15, 0.2) is 36.4 Å². The summed E-state index contributed by atoms with van der Waals surface area (Å²) in [6.07, 6.45) is 0.